The fourth-order valence-corrected chi connectivity index (χ4v) is 1.86. The lowest BCUT2D eigenvalue weighted by molar-refractivity contribution is 0.102. The molecule has 7 heteroatoms. The molecule has 5 nitrogen and oxygen atoms in total. The number of carbonyl (C=O) groups excluding carboxylic acids is 1. The maximum Gasteiger partial charge on any atom is 0.275 e. The molecule has 0 aliphatic rings. The minimum absolute atomic E-state index is 0.141. The van der Waals surface area contributed by atoms with Gasteiger partial charge in [-0.2, -0.15) is 0 Å². The summed E-state index contributed by atoms with van der Waals surface area (Å²) in [5.74, 6) is 0.236. The maximum atomic E-state index is 12.0. The zero-order chi connectivity index (χ0) is 13.8. The highest BCUT2D eigenvalue weighted by Crippen LogP contribution is 2.27. The molecule has 1 heterocycles. The van der Waals surface area contributed by atoms with E-state index in [1.54, 1.807) is 25.3 Å². The fraction of sp³-hybridized carbons (Fsp3) is 0.0833. The van der Waals surface area contributed by atoms with Gasteiger partial charge in [0.1, 0.15) is 16.6 Å². The van der Waals surface area contributed by atoms with Crippen LogP contribution in [0.5, 0.6) is 5.75 Å². The quantitative estimate of drug-likeness (QED) is 0.930. The number of nitrogens with one attached hydrogen (secondary N) is 1. The first kappa shape index (κ1) is 13.8. The molecule has 0 aliphatic carbocycles. The number of anilines is 1. The molecule has 0 fully saturated rings. The Morgan fingerprint density at radius 3 is 2.89 bits per heavy atom. The molecule has 1 N–H and O–H groups in total. The predicted molar refractivity (Wildman–Crippen MR) is 75.7 cm³/mol. The summed E-state index contributed by atoms with van der Waals surface area (Å²) in [6.45, 7) is 0. The molecule has 1 aromatic heterocycles. The minimum atomic E-state index is -0.399. The molecule has 0 spiro atoms. The number of carbonyl (C=O) groups is 1. The predicted octanol–water partition coefficient (Wildman–Crippen LogP) is 3.15. The second kappa shape index (κ2) is 5.99. The van der Waals surface area contributed by atoms with E-state index in [9.17, 15) is 4.79 Å². The molecule has 0 saturated heterocycles. The Kier molecular flexibility index (Phi) is 4.34. The third-order valence-electron chi connectivity index (χ3n) is 2.26. The van der Waals surface area contributed by atoms with Crippen molar-refractivity contribution < 1.29 is 9.53 Å². The van der Waals surface area contributed by atoms with Gasteiger partial charge in [-0.05, 0) is 28.1 Å². The Labute approximate surface area is 123 Å². The third-order valence-corrected chi connectivity index (χ3v) is 3.13. The van der Waals surface area contributed by atoms with Gasteiger partial charge in [-0.3, -0.25) is 9.78 Å². The number of benzene rings is 1. The second-order valence-electron chi connectivity index (χ2n) is 3.53. The van der Waals surface area contributed by atoms with Gasteiger partial charge in [0.25, 0.3) is 5.91 Å². The number of aromatic nitrogens is 2. The highest BCUT2D eigenvalue weighted by molar-refractivity contribution is 9.10. The van der Waals surface area contributed by atoms with Crippen LogP contribution in [-0.2, 0) is 0 Å². The summed E-state index contributed by atoms with van der Waals surface area (Å²) in [7, 11) is 1.55. The number of nitrogens with zero attached hydrogens (tertiary/aromatic N) is 2. The number of hydrogen-bond acceptors (Lipinski definition) is 4. The van der Waals surface area contributed by atoms with Crippen LogP contribution in [0.4, 0.5) is 5.69 Å². The van der Waals surface area contributed by atoms with E-state index in [0.717, 1.165) is 4.47 Å². The lowest BCUT2D eigenvalue weighted by atomic mass is 10.3. The van der Waals surface area contributed by atoms with E-state index >= 15 is 0 Å². The number of rotatable bonds is 3. The van der Waals surface area contributed by atoms with Gasteiger partial charge in [-0.15, -0.1) is 0 Å². The molecule has 2 rings (SSSR count). The smallest absolute Gasteiger partial charge is 0.275 e. The average Bonchev–Trinajstić information content (AvgIpc) is 2.41. The minimum Gasteiger partial charge on any atom is -0.497 e. The molecular formula is C12H9BrClN3O2. The van der Waals surface area contributed by atoms with Crippen molar-refractivity contribution >= 4 is 39.1 Å². The van der Waals surface area contributed by atoms with Crippen LogP contribution < -0.4 is 10.1 Å². The van der Waals surface area contributed by atoms with Gasteiger partial charge in [0.2, 0.25) is 0 Å². The number of methoxy groups -OCH3 is 1. The molecular weight excluding hydrogens is 334 g/mol. The van der Waals surface area contributed by atoms with Crippen molar-refractivity contribution in [3.8, 4) is 5.75 Å². The number of hydrogen-bond donors (Lipinski definition) is 1. The SMILES string of the molecule is COc1ccc(Br)c(NC(=O)c2cncc(Cl)n2)c1. The standard InChI is InChI=1S/C12H9BrClN3O2/c1-19-7-2-3-8(13)9(4-7)17-12(18)10-5-15-6-11(14)16-10/h2-6H,1H3,(H,17,18). The normalized spacial score (nSPS) is 10.1. The summed E-state index contributed by atoms with van der Waals surface area (Å²) in [5, 5.41) is 2.87. The number of halogens is 2. The van der Waals surface area contributed by atoms with Crippen molar-refractivity contribution in [1.82, 2.24) is 9.97 Å². The Morgan fingerprint density at radius 1 is 1.42 bits per heavy atom. The van der Waals surface area contributed by atoms with Crippen molar-refractivity contribution in [1.29, 1.82) is 0 Å². The summed E-state index contributed by atoms with van der Waals surface area (Å²) < 4.78 is 5.83. The first-order chi connectivity index (χ1) is 9.10. The summed E-state index contributed by atoms with van der Waals surface area (Å²) in [6, 6.07) is 5.25. The van der Waals surface area contributed by atoms with Gasteiger partial charge in [0.05, 0.1) is 25.2 Å². The third kappa shape index (κ3) is 3.42. The van der Waals surface area contributed by atoms with E-state index in [0.29, 0.717) is 11.4 Å². The monoisotopic (exact) mass is 341 g/mol. The second-order valence-corrected chi connectivity index (χ2v) is 4.77. The van der Waals surface area contributed by atoms with Gasteiger partial charge in [0.15, 0.2) is 0 Å². The Morgan fingerprint density at radius 2 is 2.21 bits per heavy atom. The van der Waals surface area contributed by atoms with E-state index < -0.39 is 5.91 Å². The van der Waals surface area contributed by atoms with E-state index in [-0.39, 0.29) is 10.8 Å². The molecule has 0 bridgehead atoms. The molecule has 0 atom stereocenters. The van der Waals surface area contributed by atoms with Gasteiger partial charge < -0.3 is 10.1 Å². The van der Waals surface area contributed by atoms with Crippen molar-refractivity contribution in [3.63, 3.8) is 0 Å². The molecule has 0 unspecified atom stereocenters. The van der Waals surface area contributed by atoms with Crippen LogP contribution in [0.25, 0.3) is 0 Å². The lowest BCUT2D eigenvalue weighted by Crippen LogP contribution is -2.14. The van der Waals surface area contributed by atoms with E-state index in [2.05, 4.69) is 31.2 Å². The van der Waals surface area contributed by atoms with Gasteiger partial charge in [-0.1, -0.05) is 11.6 Å². The van der Waals surface area contributed by atoms with E-state index in [1.165, 1.54) is 12.4 Å². The Hall–Kier alpha value is -1.66. The number of ether oxygens (including phenoxy) is 1. The van der Waals surface area contributed by atoms with Crippen molar-refractivity contribution in [3.05, 3.63) is 45.9 Å². The average molecular weight is 343 g/mol. The highest BCUT2D eigenvalue weighted by Gasteiger charge is 2.11. The van der Waals surface area contributed by atoms with Crippen LogP contribution in [-0.4, -0.2) is 23.0 Å². The molecule has 0 aliphatic heterocycles. The summed E-state index contributed by atoms with van der Waals surface area (Å²) in [6.07, 6.45) is 2.70. The van der Waals surface area contributed by atoms with Crippen molar-refractivity contribution in [2.45, 2.75) is 0 Å². The van der Waals surface area contributed by atoms with Crippen LogP contribution in [0.15, 0.2) is 35.1 Å². The van der Waals surface area contributed by atoms with Crippen LogP contribution in [0, 0.1) is 0 Å². The largest absolute Gasteiger partial charge is 0.497 e. The van der Waals surface area contributed by atoms with Gasteiger partial charge in [-0.25, -0.2) is 4.98 Å². The molecule has 1 aromatic carbocycles. The first-order valence-corrected chi connectivity index (χ1v) is 6.39. The van der Waals surface area contributed by atoms with E-state index in [1.807, 2.05) is 0 Å². The Bertz CT molecular complexity index is 622. The summed E-state index contributed by atoms with van der Waals surface area (Å²) >= 11 is 9.03. The topological polar surface area (TPSA) is 64.1 Å². The summed E-state index contributed by atoms with van der Waals surface area (Å²) in [5.41, 5.74) is 0.716. The van der Waals surface area contributed by atoms with Crippen LogP contribution >= 0.6 is 27.5 Å². The molecule has 2 aromatic rings. The molecule has 98 valence electrons. The number of amides is 1. The zero-order valence-corrected chi connectivity index (χ0v) is 12.2. The van der Waals surface area contributed by atoms with Crippen molar-refractivity contribution in [2.24, 2.45) is 0 Å². The van der Waals surface area contributed by atoms with Crippen LogP contribution in [0.2, 0.25) is 5.15 Å². The molecule has 1 amide bonds. The first-order valence-electron chi connectivity index (χ1n) is 5.22. The van der Waals surface area contributed by atoms with Crippen LogP contribution in [0.1, 0.15) is 10.5 Å². The fourth-order valence-electron chi connectivity index (χ4n) is 1.37. The highest BCUT2D eigenvalue weighted by atomic mass is 79.9. The molecule has 0 saturated carbocycles. The van der Waals surface area contributed by atoms with Crippen molar-refractivity contribution in [2.75, 3.05) is 12.4 Å². The molecule has 19 heavy (non-hydrogen) atoms. The summed E-state index contributed by atoms with van der Waals surface area (Å²) in [4.78, 5) is 19.7. The molecule has 0 radical (unpaired) electrons. The Balaban J connectivity index is 2.23. The van der Waals surface area contributed by atoms with Crippen LogP contribution in [0.3, 0.4) is 0 Å². The van der Waals surface area contributed by atoms with E-state index in [4.69, 9.17) is 16.3 Å². The zero-order valence-electron chi connectivity index (χ0n) is 9.85. The van der Waals surface area contributed by atoms with Gasteiger partial charge >= 0.3 is 0 Å². The van der Waals surface area contributed by atoms with Gasteiger partial charge in [0, 0.05) is 10.5 Å². The lowest BCUT2D eigenvalue weighted by Gasteiger charge is -2.08. The maximum absolute atomic E-state index is 12.0.